The molecule has 14 aromatic rings. The van der Waals surface area contributed by atoms with Gasteiger partial charge in [0.2, 0.25) is 0 Å². The summed E-state index contributed by atoms with van der Waals surface area (Å²) in [5, 5.41) is 28.8. The molecule has 0 bridgehead atoms. The van der Waals surface area contributed by atoms with E-state index in [2.05, 4.69) is 255 Å². The van der Waals surface area contributed by atoms with Crippen molar-refractivity contribution in [3.63, 3.8) is 0 Å². The lowest BCUT2D eigenvalue weighted by atomic mass is 9.87. The number of fused-ring (bicyclic) bond motifs is 9. The molecule has 14 rings (SSSR count). The molecule has 0 amide bonds. The maximum Gasteiger partial charge on any atom is 0.101 e. The number of rotatable bonds is 7. The number of nitriles is 2. The fourth-order valence-electron chi connectivity index (χ4n) is 12.3. The lowest BCUT2D eigenvalue weighted by molar-refractivity contribution is 1.17. The molecule has 374 valence electrons. The zero-order valence-corrected chi connectivity index (χ0v) is 44.8. The molecule has 0 aliphatic rings. The van der Waals surface area contributed by atoms with Crippen LogP contribution < -0.4 is 0 Å². The molecule has 0 saturated carbocycles. The molecule has 0 atom stereocenters. The SMILES string of the molecule is Cc1ccc2c(c1)c1cc(C)ccc1n2-c1ccc(-c2cc(-c3cccc(C#N)c3C#N)c(-c3ccc(-n4c5ccc(C)cc5c5cc(C)ccc54)cc3)c(-c3ccc(-n4c5ccc(C)cc5c5cc(C)ccc54)cc3)n2)cc1. The highest BCUT2D eigenvalue weighted by Crippen LogP contribution is 2.45. The zero-order chi connectivity index (χ0) is 53.8. The third-order valence-corrected chi connectivity index (χ3v) is 16.1. The third-order valence-electron chi connectivity index (χ3n) is 16.1. The fraction of sp³-hybridized carbons (Fsp3) is 0.0822. The normalized spacial score (nSPS) is 11.6. The van der Waals surface area contributed by atoms with Gasteiger partial charge in [0.15, 0.2) is 0 Å². The van der Waals surface area contributed by atoms with E-state index in [-0.39, 0.29) is 0 Å². The van der Waals surface area contributed by atoms with Crippen molar-refractivity contribution in [2.45, 2.75) is 41.5 Å². The summed E-state index contributed by atoms with van der Waals surface area (Å²) in [5.74, 6) is 0. The predicted octanol–water partition coefficient (Wildman–Crippen LogP) is 18.6. The van der Waals surface area contributed by atoms with Gasteiger partial charge in [0.25, 0.3) is 0 Å². The van der Waals surface area contributed by atoms with E-state index in [1.807, 2.05) is 12.1 Å². The first-order valence-corrected chi connectivity index (χ1v) is 26.9. The van der Waals surface area contributed by atoms with Crippen molar-refractivity contribution in [2.75, 3.05) is 0 Å². The van der Waals surface area contributed by atoms with Crippen LogP contribution in [0.3, 0.4) is 0 Å². The summed E-state index contributed by atoms with van der Waals surface area (Å²) in [4.78, 5) is 5.70. The molecule has 0 aliphatic heterocycles. The van der Waals surface area contributed by atoms with Crippen LogP contribution in [0.2, 0.25) is 0 Å². The highest BCUT2D eigenvalue weighted by Gasteiger charge is 2.24. The molecule has 0 radical (unpaired) electrons. The van der Waals surface area contributed by atoms with Gasteiger partial charge in [-0.2, -0.15) is 10.5 Å². The Morgan fingerprint density at radius 3 is 1.01 bits per heavy atom. The van der Waals surface area contributed by atoms with Gasteiger partial charge in [-0.1, -0.05) is 118 Å². The van der Waals surface area contributed by atoms with Gasteiger partial charge < -0.3 is 13.7 Å². The second-order valence-corrected chi connectivity index (χ2v) is 21.5. The molecule has 0 N–H and O–H groups in total. The van der Waals surface area contributed by atoms with E-state index in [9.17, 15) is 10.5 Å². The molecule has 6 nitrogen and oxygen atoms in total. The summed E-state index contributed by atoms with van der Waals surface area (Å²) in [6, 6.07) is 78.7. The zero-order valence-electron chi connectivity index (χ0n) is 44.8. The number of hydrogen-bond acceptors (Lipinski definition) is 3. The highest BCUT2D eigenvalue weighted by atomic mass is 15.0. The summed E-state index contributed by atoms with van der Waals surface area (Å²) in [5.41, 5.74) is 24.5. The van der Waals surface area contributed by atoms with Crippen LogP contribution in [0, 0.1) is 64.2 Å². The van der Waals surface area contributed by atoms with Crippen LogP contribution in [-0.2, 0) is 0 Å². The van der Waals surface area contributed by atoms with Crippen LogP contribution in [0.4, 0.5) is 0 Å². The summed E-state index contributed by atoms with van der Waals surface area (Å²) in [6.07, 6.45) is 0. The fourth-order valence-corrected chi connectivity index (χ4v) is 12.3. The third kappa shape index (κ3) is 7.64. The minimum Gasteiger partial charge on any atom is -0.309 e. The van der Waals surface area contributed by atoms with E-state index in [0.717, 1.165) is 89.4 Å². The number of aryl methyl sites for hydroxylation is 6. The van der Waals surface area contributed by atoms with Crippen LogP contribution >= 0.6 is 0 Å². The average molecular weight is 1010 g/mol. The van der Waals surface area contributed by atoms with Crippen molar-refractivity contribution in [2.24, 2.45) is 0 Å². The molecule has 10 aromatic carbocycles. The highest BCUT2D eigenvalue weighted by molar-refractivity contribution is 6.12. The van der Waals surface area contributed by atoms with Crippen LogP contribution in [0.15, 0.2) is 206 Å². The summed E-state index contributed by atoms with van der Waals surface area (Å²) in [7, 11) is 0. The standard InChI is InChI=1S/C73H52N6/c1-43-10-28-66-57(34-43)58-35-44(2)11-29-67(58)77(66)53-22-16-49(17-23-53)65-40-63(56-9-7-8-52(41-74)64(56)42-75)72(50-18-24-54(25-19-50)78-68-30-12-45(3)36-59(68)60-37-46(4)13-31-69(60)78)73(76-65)51-20-26-55(27-21-51)79-70-32-14-47(5)38-61(70)62-39-48(6)15-33-71(62)79/h7-40H,1-6H3. The van der Waals surface area contributed by atoms with Crippen LogP contribution in [0.1, 0.15) is 44.5 Å². The quantitative estimate of drug-likeness (QED) is 0.160. The first-order valence-electron chi connectivity index (χ1n) is 26.9. The number of aromatic nitrogens is 4. The molecule has 6 heteroatoms. The maximum absolute atomic E-state index is 11.0. The van der Waals surface area contributed by atoms with Gasteiger partial charge in [-0.25, -0.2) is 4.98 Å². The van der Waals surface area contributed by atoms with E-state index >= 15 is 0 Å². The number of pyridine rings is 1. The van der Waals surface area contributed by atoms with Gasteiger partial charge in [0.1, 0.15) is 12.1 Å². The Morgan fingerprint density at radius 2 is 0.671 bits per heavy atom. The Labute approximate surface area is 458 Å². The molecule has 0 unspecified atom stereocenters. The first-order chi connectivity index (χ1) is 38.5. The molecular weight excluding hydrogens is 961 g/mol. The van der Waals surface area contributed by atoms with Crippen molar-refractivity contribution in [3.8, 4) is 74.0 Å². The van der Waals surface area contributed by atoms with E-state index in [1.54, 1.807) is 6.07 Å². The Morgan fingerprint density at radius 1 is 0.329 bits per heavy atom. The van der Waals surface area contributed by atoms with Gasteiger partial charge in [-0.15, -0.1) is 0 Å². The van der Waals surface area contributed by atoms with Gasteiger partial charge in [-0.05, 0) is 174 Å². The largest absolute Gasteiger partial charge is 0.309 e. The molecular formula is C73H52N6. The van der Waals surface area contributed by atoms with E-state index in [0.29, 0.717) is 16.7 Å². The average Bonchev–Trinajstić information content (AvgIpc) is 4.15. The number of benzene rings is 10. The number of hydrogen-bond donors (Lipinski definition) is 0. The van der Waals surface area contributed by atoms with E-state index in [4.69, 9.17) is 4.98 Å². The van der Waals surface area contributed by atoms with Crippen LogP contribution in [0.25, 0.3) is 127 Å². The second-order valence-electron chi connectivity index (χ2n) is 21.5. The molecule has 0 saturated heterocycles. The second kappa shape index (κ2) is 18.2. The number of nitrogens with zero attached hydrogens (tertiary/aromatic N) is 6. The molecule has 4 heterocycles. The molecule has 4 aromatic heterocycles. The molecule has 0 spiro atoms. The van der Waals surface area contributed by atoms with E-state index in [1.165, 1.54) is 65.7 Å². The predicted molar refractivity (Wildman–Crippen MR) is 327 cm³/mol. The van der Waals surface area contributed by atoms with Gasteiger partial charge in [-0.3, -0.25) is 0 Å². The first kappa shape index (κ1) is 47.2. The Bertz CT molecular complexity index is 4770. The van der Waals surface area contributed by atoms with Crippen molar-refractivity contribution in [1.29, 1.82) is 10.5 Å². The topological polar surface area (TPSA) is 75.3 Å². The van der Waals surface area contributed by atoms with E-state index < -0.39 is 0 Å². The minimum atomic E-state index is 0.319. The Balaban J connectivity index is 0.996. The van der Waals surface area contributed by atoms with Crippen LogP contribution in [-0.4, -0.2) is 18.7 Å². The lowest BCUT2D eigenvalue weighted by Crippen LogP contribution is -2.00. The molecule has 0 fully saturated rings. The van der Waals surface area contributed by atoms with Gasteiger partial charge in [0, 0.05) is 71.6 Å². The Kier molecular flexibility index (Phi) is 10.9. The van der Waals surface area contributed by atoms with Gasteiger partial charge in [0.05, 0.1) is 55.6 Å². The summed E-state index contributed by atoms with van der Waals surface area (Å²) < 4.78 is 7.05. The van der Waals surface area contributed by atoms with Gasteiger partial charge >= 0.3 is 0 Å². The molecule has 79 heavy (non-hydrogen) atoms. The van der Waals surface area contributed by atoms with Crippen molar-refractivity contribution < 1.29 is 0 Å². The maximum atomic E-state index is 11.0. The Hall–Kier alpha value is -10.3. The smallest absolute Gasteiger partial charge is 0.101 e. The lowest BCUT2D eigenvalue weighted by Gasteiger charge is -2.20. The molecule has 0 aliphatic carbocycles. The van der Waals surface area contributed by atoms with Crippen LogP contribution in [0.5, 0.6) is 0 Å². The monoisotopic (exact) mass is 1010 g/mol. The van der Waals surface area contributed by atoms with Crippen molar-refractivity contribution in [3.05, 3.63) is 251 Å². The van der Waals surface area contributed by atoms with Crippen molar-refractivity contribution in [1.82, 2.24) is 18.7 Å². The summed E-state index contributed by atoms with van der Waals surface area (Å²) >= 11 is 0. The summed E-state index contributed by atoms with van der Waals surface area (Å²) in [6.45, 7) is 12.9. The minimum absolute atomic E-state index is 0.319. The van der Waals surface area contributed by atoms with Crippen molar-refractivity contribution >= 4 is 65.4 Å².